The monoisotopic (exact) mass is 546 g/mol. The number of carbonyl (C=O) groups is 3. The van der Waals surface area contributed by atoms with Crippen molar-refractivity contribution in [2.45, 2.75) is 50.1 Å². The molecule has 2 aliphatic rings. The van der Waals surface area contributed by atoms with Crippen molar-refractivity contribution >= 4 is 46.6 Å². The molecule has 4 atom stereocenters. The zero-order chi connectivity index (χ0) is 26.6. The standard InChI is InChI=1S/C31H31ClN2O3S/c32-23-14-7-13-22(19-23)29(35)26-24(17-16-20-9-3-1-4-10-20)34(31(37)21-11-5-2-6-12-21)28(30(33)36)27(26)25-15-8-18-38-25/h1,3-4,7-10,13-19,21,24,26-28H,2,5-6,11-12H2,(H2,33,36). The van der Waals surface area contributed by atoms with E-state index in [0.29, 0.717) is 10.6 Å². The van der Waals surface area contributed by atoms with Gasteiger partial charge in [0.15, 0.2) is 5.78 Å². The number of hydrogen-bond acceptors (Lipinski definition) is 4. The highest BCUT2D eigenvalue weighted by Crippen LogP contribution is 2.47. The summed E-state index contributed by atoms with van der Waals surface area (Å²) >= 11 is 7.74. The normalized spacial score (nSPS) is 24.1. The van der Waals surface area contributed by atoms with Gasteiger partial charge in [0.1, 0.15) is 6.04 Å². The number of likely N-dealkylation sites (tertiary alicyclic amines) is 1. The van der Waals surface area contributed by atoms with E-state index in [1.807, 2.05) is 60.0 Å². The molecule has 5 rings (SSSR count). The van der Waals surface area contributed by atoms with Crippen LogP contribution in [-0.2, 0) is 9.59 Å². The maximum atomic E-state index is 14.3. The minimum absolute atomic E-state index is 0.0841. The number of Topliss-reactive ketones (excluding diaryl/α,β-unsaturated/α-hetero) is 1. The van der Waals surface area contributed by atoms with Crippen molar-refractivity contribution in [3.63, 3.8) is 0 Å². The molecule has 0 bridgehead atoms. The molecule has 4 unspecified atom stereocenters. The summed E-state index contributed by atoms with van der Waals surface area (Å²) in [5.74, 6) is -2.26. The van der Waals surface area contributed by atoms with Gasteiger partial charge in [0.05, 0.1) is 12.0 Å². The first kappa shape index (κ1) is 26.4. The number of benzene rings is 2. The Morgan fingerprint density at radius 2 is 1.71 bits per heavy atom. The Morgan fingerprint density at radius 3 is 2.37 bits per heavy atom. The third kappa shape index (κ3) is 5.33. The lowest BCUT2D eigenvalue weighted by atomic mass is 9.80. The van der Waals surface area contributed by atoms with Gasteiger partial charge in [-0.2, -0.15) is 0 Å². The molecule has 2 amide bonds. The van der Waals surface area contributed by atoms with Gasteiger partial charge in [0.25, 0.3) is 0 Å². The zero-order valence-corrected chi connectivity index (χ0v) is 22.6. The summed E-state index contributed by atoms with van der Waals surface area (Å²) in [6, 6.07) is 18.9. The fourth-order valence-electron chi connectivity index (χ4n) is 6.05. The zero-order valence-electron chi connectivity index (χ0n) is 21.0. The molecule has 1 saturated carbocycles. The molecule has 7 heteroatoms. The van der Waals surface area contributed by atoms with Crippen molar-refractivity contribution in [3.8, 4) is 0 Å². The second-order valence-corrected chi connectivity index (χ2v) is 11.5. The van der Waals surface area contributed by atoms with Gasteiger partial charge in [-0.25, -0.2) is 0 Å². The minimum atomic E-state index is -0.929. The van der Waals surface area contributed by atoms with Gasteiger partial charge in [-0.15, -0.1) is 11.3 Å². The van der Waals surface area contributed by atoms with Gasteiger partial charge in [-0.1, -0.05) is 91.5 Å². The number of rotatable bonds is 7. The van der Waals surface area contributed by atoms with Crippen LogP contribution in [0.2, 0.25) is 5.02 Å². The first-order chi connectivity index (χ1) is 18.5. The first-order valence-corrected chi connectivity index (χ1v) is 14.4. The van der Waals surface area contributed by atoms with Crippen molar-refractivity contribution in [1.29, 1.82) is 0 Å². The van der Waals surface area contributed by atoms with Crippen molar-refractivity contribution in [2.75, 3.05) is 0 Å². The van der Waals surface area contributed by atoms with Crippen LogP contribution in [0, 0.1) is 11.8 Å². The lowest BCUT2D eigenvalue weighted by Crippen LogP contribution is -2.50. The summed E-state index contributed by atoms with van der Waals surface area (Å²) < 4.78 is 0. The van der Waals surface area contributed by atoms with Crippen LogP contribution in [0.25, 0.3) is 6.08 Å². The Balaban J connectivity index is 1.66. The Bertz CT molecular complexity index is 1320. The highest BCUT2D eigenvalue weighted by atomic mass is 35.5. The number of carbonyl (C=O) groups excluding carboxylic acids is 3. The van der Waals surface area contributed by atoms with Gasteiger partial charge in [0, 0.05) is 27.3 Å². The van der Waals surface area contributed by atoms with Gasteiger partial charge >= 0.3 is 0 Å². The number of amides is 2. The molecule has 1 aliphatic heterocycles. The van der Waals surface area contributed by atoms with Crippen LogP contribution in [0.4, 0.5) is 0 Å². The number of nitrogens with two attached hydrogens (primary N) is 1. The summed E-state index contributed by atoms with van der Waals surface area (Å²) in [6.07, 6.45) is 8.48. The summed E-state index contributed by atoms with van der Waals surface area (Å²) in [4.78, 5) is 44.1. The van der Waals surface area contributed by atoms with E-state index < -0.39 is 29.8 Å². The quantitative estimate of drug-likeness (QED) is 0.351. The molecule has 2 aromatic carbocycles. The van der Waals surface area contributed by atoms with E-state index >= 15 is 0 Å². The van der Waals surface area contributed by atoms with Crippen LogP contribution in [0.3, 0.4) is 0 Å². The molecule has 38 heavy (non-hydrogen) atoms. The molecule has 3 aromatic rings. The second kappa shape index (κ2) is 11.7. The van der Waals surface area contributed by atoms with E-state index in [4.69, 9.17) is 17.3 Å². The molecular weight excluding hydrogens is 516 g/mol. The van der Waals surface area contributed by atoms with Gasteiger partial charge in [-0.3, -0.25) is 14.4 Å². The van der Waals surface area contributed by atoms with Crippen LogP contribution < -0.4 is 5.73 Å². The van der Waals surface area contributed by atoms with Crippen molar-refractivity contribution in [2.24, 2.45) is 17.6 Å². The fourth-order valence-corrected chi connectivity index (χ4v) is 7.15. The van der Waals surface area contributed by atoms with Crippen molar-refractivity contribution in [3.05, 3.63) is 99.2 Å². The average Bonchev–Trinajstić information content (AvgIpc) is 3.58. The van der Waals surface area contributed by atoms with E-state index in [2.05, 4.69) is 0 Å². The SMILES string of the molecule is NC(=O)C1C(c2cccs2)C(C(=O)c2cccc(Cl)c2)C(C=Cc2ccccc2)N1C(=O)C1CCCCC1. The van der Waals surface area contributed by atoms with E-state index in [-0.39, 0.29) is 17.6 Å². The molecule has 0 spiro atoms. The lowest BCUT2D eigenvalue weighted by molar-refractivity contribution is -0.143. The van der Waals surface area contributed by atoms with Crippen molar-refractivity contribution < 1.29 is 14.4 Å². The van der Waals surface area contributed by atoms with Crippen molar-refractivity contribution in [1.82, 2.24) is 4.90 Å². The van der Waals surface area contributed by atoms with Crippen LogP contribution in [0.15, 0.2) is 78.2 Å². The van der Waals surface area contributed by atoms with Crippen LogP contribution in [0.1, 0.15) is 58.8 Å². The topological polar surface area (TPSA) is 80.5 Å². The highest BCUT2D eigenvalue weighted by molar-refractivity contribution is 7.10. The van der Waals surface area contributed by atoms with E-state index in [1.165, 1.54) is 11.3 Å². The lowest BCUT2D eigenvalue weighted by Gasteiger charge is -2.33. The molecule has 1 aromatic heterocycles. The maximum Gasteiger partial charge on any atom is 0.240 e. The largest absolute Gasteiger partial charge is 0.368 e. The van der Waals surface area contributed by atoms with Crippen LogP contribution in [-0.4, -0.2) is 34.6 Å². The predicted molar refractivity (Wildman–Crippen MR) is 152 cm³/mol. The molecular formula is C31H31ClN2O3S. The molecule has 0 radical (unpaired) electrons. The first-order valence-electron chi connectivity index (χ1n) is 13.1. The Kier molecular flexibility index (Phi) is 8.10. The minimum Gasteiger partial charge on any atom is -0.368 e. The molecule has 1 aliphatic carbocycles. The number of ketones is 1. The van der Waals surface area contributed by atoms with Gasteiger partial charge in [0.2, 0.25) is 11.8 Å². The predicted octanol–water partition coefficient (Wildman–Crippen LogP) is 6.34. The molecule has 2 N–H and O–H groups in total. The summed E-state index contributed by atoms with van der Waals surface area (Å²) in [6.45, 7) is 0. The summed E-state index contributed by atoms with van der Waals surface area (Å²) in [5.41, 5.74) is 7.46. The maximum absolute atomic E-state index is 14.3. The highest BCUT2D eigenvalue weighted by Gasteiger charge is 2.56. The fraction of sp³-hybridized carbons (Fsp3) is 0.323. The number of thiophene rings is 1. The Hall–Kier alpha value is -3.22. The molecule has 2 heterocycles. The van der Waals surface area contributed by atoms with Gasteiger partial charge in [-0.05, 0) is 42.0 Å². The average molecular weight is 547 g/mol. The van der Waals surface area contributed by atoms with E-state index in [9.17, 15) is 14.4 Å². The number of hydrogen-bond donors (Lipinski definition) is 1. The van der Waals surface area contributed by atoms with Crippen LogP contribution in [0.5, 0.6) is 0 Å². The third-order valence-corrected chi connectivity index (χ3v) is 8.99. The second-order valence-electron chi connectivity index (χ2n) is 10.1. The third-order valence-electron chi connectivity index (χ3n) is 7.79. The van der Waals surface area contributed by atoms with Crippen LogP contribution >= 0.6 is 22.9 Å². The smallest absolute Gasteiger partial charge is 0.240 e. The molecule has 196 valence electrons. The Morgan fingerprint density at radius 1 is 0.947 bits per heavy atom. The number of primary amides is 1. The molecule has 5 nitrogen and oxygen atoms in total. The number of halogens is 1. The Labute approximate surface area is 232 Å². The number of nitrogens with zero attached hydrogens (tertiary/aromatic N) is 1. The molecule has 2 fully saturated rings. The summed E-state index contributed by atoms with van der Waals surface area (Å²) in [7, 11) is 0. The van der Waals surface area contributed by atoms with E-state index in [0.717, 1.165) is 42.5 Å². The van der Waals surface area contributed by atoms with E-state index in [1.54, 1.807) is 29.2 Å². The summed E-state index contributed by atoms with van der Waals surface area (Å²) in [5, 5.41) is 2.38. The molecule has 1 saturated heterocycles. The van der Waals surface area contributed by atoms with Gasteiger partial charge < -0.3 is 10.6 Å².